The van der Waals surface area contributed by atoms with Crippen molar-refractivity contribution in [2.75, 3.05) is 26.2 Å². The van der Waals surface area contributed by atoms with Gasteiger partial charge in [-0.3, -0.25) is 9.74 Å². The van der Waals surface area contributed by atoms with Crippen LogP contribution in [0.15, 0.2) is 0 Å². The van der Waals surface area contributed by atoms with E-state index in [1.165, 1.54) is 0 Å². The smallest absolute Gasteiger partial charge is 0.196 e. The highest BCUT2D eigenvalue weighted by molar-refractivity contribution is 4.79. The van der Waals surface area contributed by atoms with Crippen LogP contribution in [0.5, 0.6) is 0 Å². The molecule has 0 aromatic heterocycles. The van der Waals surface area contributed by atoms with E-state index in [-0.39, 0.29) is 0 Å². The first kappa shape index (κ1) is 12.9. The number of aliphatic hydroxyl groups is 1. The molecule has 1 rings (SSSR count). The molecule has 15 heavy (non-hydrogen) atoms. The minimum atomic E-state index is -0.927. The number of nitrogens with zero attached hydrogens (tertiary/aromatic N) is 2. The van der Waals surface area contributed by atoms with Gasteiger partial charge < -0.3 is 5.11 Å². The summed E-state index contributed by atoms with van der Waals surface area (Å²) in [6.45, 7) is 9.35. The average Bonchev–Trinajstić information content (AvgIpc) is 2.46. The monoisotopic (exact) mass is 216 g/mol. The Morgan fingerprint density at radius 3 is 2.60 bits per heavy atom. The quantitative estimate of drug-likeness (QED) is 0.681. The van der Waals surface area contributed by atoms with Crippen molar-refractivity contribution in [1.29, 1.82) is 0 Å². The minimum Gasteiger partial charge on any atom is -0.361 e. The highest BCUT2D eigenvalue weighted by Crippen LogP contribution is 2.24. The molecule has 0 spiro atoms. The molecule has 1 atom stereocenters. The summed E-state index contributed by atoms with van der Waals surface area (Å²) in [5.41, 5.74) is 0. The summed E-state index contributed by atoms with van der Waals surface area (Å²) in [6.07, 6.45) is 3.22. The van der Waals surface area contributed by atoms with E-state index in [2.05, 4.69) is 18.7 Å². The Kier molecular flexibility index (Phi) is 4.99. The molecule has 0 radical (unpaired) electrons. The number of hydrogen-bond donors (Lipinski definition) is 1. The number of unbranched alkanes of at least 4 members (excludes halogenated alkanes) is 1. The van der Waals surface area contributed by atoms with Crippen LogP contribution in [0, 0.1) is 0 Å². The molecule has 0 bridgehead atoms. The van der Waals surface area contributed by atoms with Crippen molar-refractivity contribution in [3.05, 3.63) is 0 Å². The maximum atomic E-state index is 10.3. The molecule has 0 amide bonds. The molecule has 4 heteroatoms. The zero-order valence-electron chi connectivity index (χ0n) is 10.2. The van der Waals surface area contributed by atoms with Gasteiger partial charge in [-0.25, -0.2) is 0 Å². The van der Waals surface area contributed by atoms with Crippen LogP contribution < -0.4 is 0 Å². The first-order chi connectivity index (χ1) is 7.12. The molecule has 1 fully saturated rings. The average molecular weight is 216 g/mol. The summed E-state index contributed by atoms with van der Waals surface area (Å²) in [5, 5.41) is 12.0. The summed E-state index contributed by atoms with van der Waals surface area (Å²) < 4.78 is 0. The lowest BCUT2D eigenvalue weighted by Gasteiger charge is -2.34. The summed E-state index contributed by atoms with van der Waals surface area (Å²) in [4.78, 5) is 7.63. The summed E-state index contributed by atoms with van der Waals surface area (Å²) in [6, 6.07) is 0. The van der Waals surface area contributed by atoms with Gasteiger partial charge in [-0.2, -0.15) is 0 Å². The fraction of sp³-hybridized carbons (Fsp3) is 1.00. The third kappa shape index (κ3) is 3.14. The van der Waals surface area contributed by atoms with Crippen molar-refractivity contribution < 1.29 is 9.94 Å². The molecule has 1 saturated heterocycles. The predicted molar refractivity (Wildman–Crippen MR) is 60.1 cm³/mol. The van der Waals surface area contributed by atoms with Crippen LogP contribution in [0.3, 0.4) is 0 Å². The minimum absolute atomic E-state index is 0.701. The molecule has 1 aliphatic heterocycles. The normalized spacial score (nSPS) is 28.8. The van der Waals surface area contributed by atoms with E-state index >= 15 is 0 Å². The van der Waals surface area contributed by atoms with Crippen LogP contribution in [-0.4, -0.2) is 47.2 Å². The van der Waals surface area contributed by atoms with Crippen LogP contribution in [-0.2, 0) is 4.84 Å². The third-order valence-electron chi connectivity index (χ3n) is 2.88. The summed E-state index contributed by atoms with van der Waals surface area (Å²) in [7, 11) is 0. The Bertz CT molecular complexity index is 185. The molecule has 90 valence electrons. The van der Waals surface area contributed by atoms with Crippen LogP contribution in [0.25, 0.3) is 0 Å². The molecule has 1 heterocycles. The molecule has 0 saturated carbocycles. The zero-order valence-corrected chi connectivity index (χ0v) is 10.2. The van der Waals surface area contributed by atoms with Crippen molar-refractivity contribution in [1.82, 2.24) is 9.96 Å². The Morgan fingerprint density at radius 1 is 1.27 bits per heavy atom. The van der Waals surface area contributed by atoms with Crippen molar-refractivity contribution in [2.45, 2.75) is 45.9 Å². The third-order valence-corrected chi connectivity index (χ3v) is 2.88. The van der Waals surface area contributed by atoms with Gasteiger partial charge in [-0.05, 0) is 19.8 Å². The van der Waals surface area contributed by atoms with Gasteiger partial charge in [0.2, 0.25) is 0 Å². The molecule has 0 aromatic rings. The van der Waals surface area contributed by atoms with Gasteiger partial charge in [-0.15, -0.1) is 5.06 Å². The Balaban J connectivity index is 2.40. The van der Waals surface area contributed by atoms with Gasteiger partial charge >= 0.3 is 0 Å². The second-order valence-corrected chi connectivity index (χ2v) is 4.25. The molecule has 1 N–H and O–H groups in total. The van der Waals surface area contributed by atoms with Crippen molar-refractivity contribution in [3.8, 4) is 0 Å². The van der Waals surface area contributed by atoms with Crippen molar-refractivity contribution in [2.24, 2.45) is 0 Å². The zero-order chi connectivity index (χ0) is 11.3. The number of hydroxylamine groups is 2. The van der Waals surface area contributed by atoms with Crippen LogP contribution in [0.2, 0.25) is 0 Å². The maximum Gasteiger partial charge on any atom is 0.196 e. The summed E-state index contributed by atoms with van der Waals surface area (Å²) >= 11 is 0. The van der Waals surface area contributed by atoms with E-state index in [0.29, 0.717) is 6.61 Å². The van der Waals surface area contributed by atoms with Gasteiger partial charge in [0.1, 0.15) is 0 Å². The Labute approximate surface area is 92.8 Å². The molecular formula is C11H24N2O2. The molecule has 4 nitrogen and oxygen atoms in total. The topological polar surface area (TPSA) is 35.9 Å². The first-order valence-electron chi connectivity index (χ1n) is 6.00. The van der Waals surface area contributed by atoms with E-state index < -0.39 is 5.85 Å². The van der Waals surface area contributed by atoms with Crippen LogP contribution >= 0.6 is 0 Å². The fourth-order valence-corrected chi connectivity index (χ4v) is 1.89. The lowest BCUT2D eigenvalue weighted by Crippen LogP contribution is -2.51. The van der Waals surface area contributed by atoms with Gasteiger partial charge in [-0.1, -0.05) is 20.3 Å². The Hall–Kier alpha value is -0.160. The van der Waals surface area contributed by atoms with Crippen molar-refractivity contribution in [3.63, 3.8) is 0 Å². The largest absolute Gasteiger partial charge is 0.361 e. The lowest BCUT2D eigenvalue weighted by molar-refractivity contribution is -0.303. The molecule has 1 aliphatic rings. The van der Waals surface area contributed by atoms with E-state index in [4.69, 9.17) is 4.84 Å². The second kappa shape index (κ2) is 5.80. The first-order valence-corrected chi connectivity index (χ1v) is 6.00. The number of hydrogen-bond acceptors (Lipinski definition) is 4. The molecular weight excluding hydrogens is 192 g/mol. The van der Waals surface area contributed by atoms with E-state index in [1.807, 2.05) is 6.92 Å². The van der Waals surface area contributed by atoms with Crippen LogP contribution in [0.1, 0.15) is 40.0 Å². The highest BCUT2D eigenvalue weighted by atomic mass is 16.7. The van der Waals surface area contributed by atoms with Gasteiger partial charge in [0.05, 0.1) is 6.61 Å². The van der Waals surface area contributed by atoms with Crippen LogP contribution in [0.4, 0.5) is 0 Å². The SMILES string of the molecule is CCCCON1CCN(CCC)C1(C)O. The van der Waals surface area contributed by atoms with E-state index in [9.17, 15) is 5.11 Å². The maximum absolute atomic E-state index is 10.3. The van der Waals surface area contributed by atoms with E-state index in [0.717, 1.165) is 38.9 Å². The molecule has 1 unspecified atom stereocenters. The standard InChI is InChI=1S/C11H24N2O2/c1-4-6-10-15-13-9-8-12(7-5-2)11(13,3)14/h14H,4-10H2,1-3H3. The lowest BCUT2D eigenvalue weighted by atomic mass is 10.3. The fourth-order valence-electron chi connectivity index (χ4n) is 1.89. The molecule has 0 aromatic carbocycles. The van der Waals surface area contributed by atoms with E-state index in [1.54, 1.807) is 5.06 Å². The second-order valence-electron chi connectivity index (χ2n) is 4.25. The number of rotatable bonds is 6. The highest BCUT2D eigenvalue weighted by Gasteiger charge is 2.41. The van der Waals surface area contributed by atoms with Gasteiger partial charge in [0, 0.05) is 19.6 Å². The summed E-state index contributed by atoms with van der Waals surface area (Å²) in [5.74, 6) is -0.927. The van der Waals surface area contributed by atoms with Gasteiger partial charge in [0.15, 0.2) is 5.85 Å². The van der Waals surface area contributed by atoms with Crippen molar-refractivity contribution >= 4 is 0 Å². The Morgan fingerprint density at radius 2 is 2.00 bits per heavy atom. The molecule has 0 aliphatic carbocycles. The van der Waals surface area contributed by atoms with Gasteiger partial charge in [0.25, 0.3) is 0 Å². The predicted octanol–water partition coefficient (Wildman–Crippen LogP) is 1.41.